The predicted molar refractivity (Wildman–Crippen MR) is 132 cm³/mol. The average Bonchev–Trinajstić information content (AvgIpc) is 2.79. The first-order valence-corrected chi connectivity index (χ1v) is 9.90. The zero-order chi connectivity index (χ0) is 21.5. The molecule has 0 aromatic heterocycles. The van der Waals surface area contributed by atoms with E-state index in [1.165, 1.54) is 12.1 Å². The highest BCUT2D eigenvalue weighted by molar-refractivity contribution is 14.0. The molecule has 1 aliphatic heterocycles. The van der Waals surface area contributed by atoms with Crippen LogP contribution in [0.1, 0.15) is 5.56 Å². The van der Waals surface area contributed by atoms with Gasteiger partial charge in [-0.1, -0.05) is 0 Å². The van der Waals surface area contributed by atoms with Crippen LogP contribution in [0.15, 0.2) is 41.4 Å². The number of anilines is 1. The van der Waals surface area contributed by atoms with E-state index in [-0.39, 0.29) is 29.8 Å². The van der Waals surface area contributed by atoms with Crippen LogP contribution in [-0.2, 0) is 6.42 Å². The molecule has 2 aromatic carbocycles. The monoisotopic (exact) mass is 544 g/mol. The summed E-state index contributed by atoms with van der Waals surface area (Å²) in [6, 6.07) is 10.2. The Morgan fingerprint density at radius 2 is 1.55 bits per heavy atom. The largest absolute Gasteiger partial charge is 0.496 e. The molecule has 1 heterocycles. The topological polar surface area (TPSA) is 72.6 Å². The van der Waals surface area contributed by atoms with E-state index in [0.717, 1.165) is 37.4 Å². The van der Waals surface area contributed by atoms with Gasteiger partial charge in [0.1, 0.15) is 23.1 Å². The van der Waals surface area contributed by atoms with Crippen LogP contribution in [0, 0.1) is 5.82 Å². The zero-order valence-electron chi connectivity index (χ0n) is 18.1. The quantitative estimate of drug-likeness (QED) is 0.328. The highest BCUT2D eigenvalue weighted by Crippen LogP contribution is 2.34. The van der Waals surface area contributed by atoms with Crippen molar-refractivity contribution in [2.24, 2.45) is 10.7 Å². The molecule has 1 fully saturated rings. The highest BCUT2D eigenvalue weighted by Gasteiger charge is 2.19. The first kappa shape index (κ1) is 24.8. The third-order valence-corrected chi connectivity index (χ3v) is 5.25. The van der Waals surface area contributed by atoms with Crippen LogP contribution in [0.4, 0.5) is 10.1 Å². The van der Waals surface area contributed by atoms with E-state index >= 15 is 0 Å². The summed E-state index contributed by atoms with van der Waals surface area (Å²) in [4.78, 5) is 8.85. The molecule has 0 saturated carbocycles. The van der Waals surface area contributed by atoms with Crippen molar-refractivity contribution in [1.82, 2.24) is 4.90 Å². The Balaban J connectivity index is 0.00000341. The minimum Gasteiger partial charge on any atom is -0.496 e. The number of benzene rings is 2. The van der Waals surface area contributed by atoms with Crippen molar-refractivity contribution in [2.75, 3.05) is 59.0 Å². The van der Waals surface area contributed by atoms with Gasteiger partial charge in [0.2, 0.25) is 0 Å². The third-order valence-electron chi connectivity index (χ3n) is 5.25. The molecular formula is C22H30FIN4O3. The number of nitrogens with two attached hydrogens (primary N) is 1. The van der Waals surface area contributed by atoms with Gasteiger partial charge in [0.05, 0.1) is 21.3 Å². The van der Waals surface area contributed by atoms with Crippen LogP contribution in [0.3, 0.4) is 0 Å². The van der Waals surface area contributed by atoms with Gasteiger partial charge in [-0.15, -0.1) is 24.0 Å². The molecule has 0 bridgehead atoms. The Morgan fingerprint density at radius 1 is 0.968 bits per heavy atom. The summed E-state index contributed by atoms with van der Waals surface area (Å²) in [6.07, 6.45) is 0.632. The number of halogens is 2. The number of hydrogen-bond donors (Lipinski definition) is 1. The van der Waals surface area contributed by atoms with Gasteiger partial charge in [-0.25, -0.2) is 4.39 Å². The maximum Gasteiger partial charge on any atom is 0.191 e. The Kier molecular flexibility index (Phi) is 9.47. The normalized spacial score (nSPS) is 14.1. The molecular weight excluding hydrogens is 514 g/mol. The molecule has 2 aromatic rings. The molecule has 0 spiro atoms. The van der Waals surface area contributed by atoms with E-state index in [9.17, 15) is 4.39 Å². The van der Waals surface area contributed by atoms with Crippen molar-refractivity contribution in [3.05, 3.63) is 47.8 Å². The van der Waals surface area contributed by atoms with Crippen LogP contribution in [0.25, 0.3) is 0 Å². The molecule has 1 aliphatic rings. The van der Waals surface area contributed by atoms with E-state index in [1.807, 2.05) is 12.1 Å². The SMILES string of the molecule is COc1cc(OC)c(CCN=C(N)N2CCN(c3ccc(F)cc3)CC2)c(OC)c1.I. The van der Waals surface area contributed by atoms with Crippen LogP contribution >= 0.6 is 24.0 Å². The summed E-state index contributed by atoms with van der Waals surface area (Å²) in [7, 11) is 4.85. The number of methoxy groups -OCH3 is 3. The van der Waals surface area contributed by atoms with Crippen LogP contribution < -0.4 is 24.8 Å². The number of rotatable bonds is 7. The second-order valence-corrected chi connectivity index (χ2v) is 6.95. The Bertz CT molecular complexity index is 847. The van der Waals surface area contributed by atoms with E-state index in [2.05, 4.69) is 14.8 Å². The van der Waals surface area contributed by atoms with Crippen molar-refractivity contribution in [3.63, 3.8) is 0 Å². The summed E-state index contributed by atoms with van der Waals surface area (Å²) >= 11 is 0. The molecule has 9 heteroatoms. The lowest BCUT2D eigenvalue weighted by atomic mass is 10.1. The molecule has 0 aliphatic carbocycles. The lowest BCUT2D eigenvalue weighted by Crippen LogP contribution is -2.51. The van der Waals surface area contributed by atoms with Gasteiger partial charge in [-0.2, -0.15) is 0 Å². The lowest BCUT2D eigenvalue weighted by Gasteiger charge is -2.36. The van der Waals surface area contributed by atoms with Crippen LogP contribution in [0.2, 0.25) is 0 Å². The Labute approximate surface area is 200 Å². The van der Waals surface area contributed by atoms with E-state index < -0.39 is 0 Å². The molecule has 170 valence electrons. The van der Waals surface area contributed by atoms with Crippen molar-refractivity contribution in [2.45, 2.75) is 6.42 Å². The molecule has 31 heavy (non-hydrogen) atoms. The van der Waals surface area contributed by atoms with Gasteiger partial charge in [0, 0.05) is 56.1 Å². The Hall–Kier alpha value is -2.43. The maximum absolute atomic E-state index is 13.1. The number of nitrogens with zero attached hydrogens (tertiary/aromatic N) is 3. The van der Waals surface area contributed by atoms with Crippen molar-refractivity contribution in [1.29, 1.82) is 0 Å². The number of ether oxygens (including phenoxy) is 3. The Morgan fingerprint density at radius 3 is 2.06 bits per heavy atom. The first-order chi connectivity index (χ1) is 14.5. The first-order valence-electron chi connectivity index (χ1n) is 9.90. The summed E-state index contributed by atoms with van der Waals surface area (Å²) in [5.41, 5.74) is 8.18. The number of hydrogen-bond acceptors (Lipinski definition) is 5. The fraction of sp³-hybridized carbons (Fsp3) is 0.409. The van der Waals surface area contributed by atoms with Gasteiger partial charge in [0.15, 0.2) is 5.96 Å². The summed E-state index contributed by atoms with van der Waals surface area (Å²) in [5, 5.41) is 0. The van der Waals surface area contributed by atoms with Crippen molar-refractivity contribution >= 4 is 35.6 Å². The second kappa shape index (κ2) is 11.8. The van der Waals surface area contributed by atoms with E-state index in [0.29, 0.717) is 36.2 Å². The van der Waals surface area contributed by atoms with Gasteiger partial charge in [-0.3, -0.25) is 4.99 Å². The zero-order valence-corrected chi connectivity index (χ0v) is 20.5. The summed E-state index contributed by atoms with van der Waals surface area (Å²) in [6.45, 7) is 3.66. The number of aliphatic imine (C=N–C) groups is 1. The number of guanidine groups is 1. The summed E-state index contributed by atoms with van der Waals surface area (Å²) < 4.78 is 29.4. The molecule has 0 amide bonds. The molecule has 1 saturated heterocycles. The van der Waals surface area contributed by atoms with Crippen LogP contribution in [-0.4, -0.2) is 64.9 Å². The molecule has 7 nitrogen and oxygen atoms in total. The van der Waals surface area contributed by atoms with Gasteiger partial charge in [-0.05, 0) is 30.7 Å². The molecule has 0 radical (unpaired) electrons. The molecule has 0 unspecified atom stereocenters. The van der Waals surface area contributed by atoms with E-state index in [1.54, 1.807) is 33.5 Å². The predicted octanol–water partition coefficient (Wildman–Crippen LogP) is 3.15. The smallest absolute Gasteiger partial charge is 0.191 e. The fourth-order valence-corrected chi connectivity index (χ4v) is 3.55. The molecule has 0 atom stereocenters. The van der Waals surface area contributed by atoms with Crippen LogP contribution in [0.5, 0.6) is 17.2 Å². The fourth-order valence-electron chi connectivity index (χ4n) is 3.55. The van der Waals surface area contributed by atoms with Gasteiger partial charge < -0.3 is 29.7 Å². The van der Waals surface area contributed by atoms with Crippen molar-refractivity contribution in [3.8, 4) is 17.2 Å². The third kappa shape index (κ3) is 6.28. The summed E-state index contributed by atoms with van der Waals surface area (Å²) in [5.74, 6) is 2.38. The van der Waals surface area contributed by atoms with E-state index in [4.69, 9.17) is 19.9 Å². The molecule has 3 rings (SSSR count). The van der Waals surface area contributed by atoms with Gasteiger partial charge in [0.25, 0.3) is 0 Å². The standard InChI is InChI=1S/C22H29FN4O3.HI/c1-28-18-14-20(29-2)19(21(15-18)30-3)8-9-25-22(24)27-12-10-26(11-13-27)17-6-4-16(23)5-7-17;/h4-7,14-15H,8-13H2,1-3H3,(H2,24,25);1H. The number of piperazine rings is 1. The minimum atomic E-state index is -0.223. The average molecular weight is 544 g/mol. The van der Waals surface area contributed by atoms with Crippen molar-refractivity contribution < 1.29 is 18.6 Å². The molecule has 2 N–H and O–H groups in total. The maximum atomic E-state index is 13.1. The second-order valence-electron chi connectivity index (χ2n) is 6.95. The highest BCUT2D eigenvalue weighted by atomic mass is 127. The lowest BCUT2D eigenvalue weighted by molar-refractivity contribution is 0.368. The van der Waals surface area contributed by atoms with Gasteiger partial charge >= 0.3 is 0 Å². The minimum absolute atomic E-state index is 0.